The SMILES string of the molecule is CCC(CC)N(C)c1cc(C)c(F)cc1C(C)N. The summed E-state index contributed by atoms with van der Waals surface area (Å²) in [5.41, 5.74) is 8.57. The molecule has 2 nitrogen and oxygen atoms in total. The van der Waals surface area contributed by atoms with Gasteiger partial charge in [-0.1, -0.05) is 13.8 Å². The second-order valence-electron chi connectivity index (χ2n) is 5.03. The molecule has 0 aliphatic heterocycles. The molecule has 0 spiro atoms. The van der Waals surface area contributed by atoms with E-state index in [4.69, 9.17) is 5.73 Å². The summed E-state index contributed by atoms with van der Waals surface area (Å²) in [6.45, 7) is 8.04. The van der Waals surface area contributed by atoms with Crippen molar-refractivity contribution in [2.24, 2.45) is 5.73 Å². The van der Waals surface area contributed by atoms with Gasteiger partial charge in [0, 0.05) is 24.8 Å². The van der Waals surface area contributed by atoms with Crippen molar-refractivity contribution >= 4 is 5.69 Å². The molecule has 1 unspecified atom stereocenters. The van der Waals surface area contributed by atoms with Crippen LogP contribution < -0.4 is 10.6 Å². The fraction of sp³-hybridized carbons (Fsp3) is 0.600. The average Bonchev–Trinajstić information content (AvgIpc) is 2.33. The largest absolute Gasteiger partial charge is 0.371 e. The van der Waals surface area contributed by atoms with Gasteiger partial charge < -0.3 is 10.6 Å². The quantitative estimate of drug-likeness (QED) is 0.864. The van der Waals surface area contributed by atoms with Gasteiger partial charge in [-0.2, -0.15) is 0 Å². The number of halogens is 1. The first-order valence-corrected chi connectivity index (χ1v) is 6.70. The number of hydrogen-bond donors (Lipinski definition) is 1. The fourth-order valence-electron chi connectivity index (χ4n) is 2.38. The van der Waals surface area contributed by atoms with E-state index in [1.54, 1.807) is 13.0 Å². The molecule has 0 radical (unpaired) electrons. The van der Waals surface area contributed by atoms with E-state index in [0.717, 1.165) is 24.1 Å². The van der Waals surface area contributed by atoms with Crippen molar-refractivity contribution in [2.45, 2.75) is 52.6 Å². The Morgan fingerprint density at radius 3 is 2.28 bits per heavy atom. The smallest absolute Gasteiger partial charge is 0.126 e. The Labute approximate surface area is 110 Å². The molecule has 1 rings (SSSR count). The van der Waals surface area contributed by atoms with Crippen molar-refractivity contribution in [3.63, 3.8) is 0 Å². The Morgan fingerprint density at radius 2 is 1.83 bits per heavy atom. The van der Waals surface area contributed by atoms with Crippen LogP contribution in [0.15, 0.2) is 12.1 Å². The number of nitrogens with two attached hydrogens (primary N) is 1. The van der Waals surface area contributed by atoms with Gasteiger partial charge in [0.05, 0.1) is 0 Å². The molecule has 18 heavy (non-hydrogen) atoms. The Hall–Kier alpha value is -1.09. The van der Waals surface area contributed by atoms with E-state index < -0.39 is 0 Å². The van der Waals surface area contributed by atoms with E-state index in [9.17, 15) is 4.39 Å². The van der Waals surface area contributed by atoms with Crippen LogP contribution in [0.25, 0.3) is 0 Å². The van der Waals surface area contributed by atoms with Crippen LogP contribution in [0.4, 0.5) is 10.1 Å². The molecule has 3 heteroatoms. The van der Waals surface area contributed by atoms with Crippen LogP contribution in [0.2, 0.25) is 0 Å². The molecular weight excluding hydrogens is 227 g/mol. The van der Waals surface area contributed by atoms with E-state index >= 15 is 0 Å². The Bertz CT molecular complexity index is 398. The molecule has 0 bridgehead atoms. The standard InChI is InChI=1S/C15H25FN2/c1-6-12(7-2)18(5)15-8-10(3)14(16)9-13(15)11(4)17/h8-9,11-12H,6-7,17H2,1-5H3. The minimum atomic E-state index is -0.177. The summed E-state index contributed by atoms with van der Waals surface area (Å²) < 4.78 is 13.7. The molecular formula is C15H25FN2. The lowest BCUT2D eigenvalue weighted by Crippen LogP contribution is -2.32. The number of benzene rings is 1. The number of hydrogen-bond acceptors (Lipinski definition) is 2. The lowest BCUT2D eigenvalue weighted by molar-refractivity contribution is 0.582. The van der Waals surface area contributed by atoms with E-state index in [1.165, 1.54) is 0 Å². The third-order valence-electron chi connectivity index (χ3n) is 3.67. The van der Waals surface area contributed by atoms with E-state index in [0.29, 0.717) is 11.6 Å². The zero-order valence-electron chi connectivity index (χ0n) is 12.1. The van der Waals surface area contributed by atoms with Gasteiger partial charge >= 0.3 is 0 Å². The maximum atomic E-state index is 13.7. The summed E-state index contributed by atoms with van der Waals surface area (Å²) in [6, 6.07) is 3.79. The maximum absolute atomic E-state index is 13.7. The predicted molar refractivity (Wildman–Crippen MR) is 76.5 cm³/mol. The van der Waals surface area contributed by atoms with Crippen LogP contribution in [0.3, 0.4) is 0 Å². The summed E-state index contributed by atoms with van der Waals surface area (Å²) in [5.74, 6) is -0.177. The molecule has 0 saturated heterocycles. The van der Waals surface area contributed by atoms with Gasteiger partial charge in [0.25, 0.3) is 0 Å². The first-order valence-electron chi connectivity index (χ1n) is 6.70. The third kappa shape index (κ3) is 3.02. The molecule has 1 aromatic rings. The number of anilines is 1. The van der Waals surface area contributed by atoms with Crippen molar-refractivity contribution in [1.82, 2.24) is 0 Å². The van der Waals surface area contributed by atoms with E-state index in [2.05, 4.69) is 25.8 Å². The monoisotopic (exact) mass is 252 g/mol. The van der Waals surface area contributed by atoms with Crippen molar-refractivity contribution in [3.05, 3.63) is 29.1 Å². The minimum absolute atomic E-state index is 0.160. The molecule has 0 aromatic heterocycles. The highest BCUT2D eigenvalue weighted by Crippen LogP contribution is 2.29. The maximum Gasteiger partial charge on any atom is 0.126 e. The van der Waals surface area contributed by atoms with Crippen molar-refractivity contribution in [3.8, 4) is 0 Å². The van der Waals surface area contributed by atoms with E-state index in [-0.39, 0.29) is 11.9 Å². The van der Waals surface area contributed by atoms with Gasteiger partial charge in [-0.15, -0.1) is 0 Å². The minimum Gasteiger partial charge on any atom is -0.371 e. The van der Waals surface area contributed by atoms with E-state index in [1.807, 2.05) is 13.0 Å². The number of rotatable bonds is 5. The van der Waals surface area contributed by atoms with Crippen molar-refractivity contribution < 1.29 is 4.39 Å². The summed E-state index contributed by atoms with van der Waals surface area (Å²) >= 11 is 0. The Morgan fingerprint density at radius 1 is 1.28 bits per heavy atom. The molecule has 1 aromatic carbocycles. The van der Waals surface area contributed by atoms with Crippen molar-refractivity contribution in [2.75, 3.05) is 11.9 Å². The highest BCUT2D eigenvalue weighted by Gasteiger charge is 2.18. The normalized spacial score (nSPS) is 12.9. The molecule has 0 aliphatic carbocycles. The first-order chi connectivity index (χ1) is 8.42. The van der Waals surface area contributed by atoms with Gasteiger partial charge in [-0.05, 0) is 49.9 Å². The second-order valence-corrected chi connectivity index (χ2v) is 5.03. The molecule has 2 N–H and O–H groups in total. The van der Waals surface area contributed by atoms with Gasteiger partial charge in [-0.25, -0.2) is 4.39 Å². The summed E-state index contributed by atoms with van der Waals surface area (Å²) in [7, 11) is 2.07. The summed E-state index contributed by atoms with van der Waals surface area (Å²) in [6.07, 6.45) is 2.14. The highest BCUT2D eigenvalue weighted by molar-refractivity contribution is 5.57. The molecule has 0 saturated carbocycles. The van der Waals surface area contributed by atoms with Gasteiger partial charge in [0.15, 0.2) is 0 Å². The zero-order valence-corrected chi connectivity index (χ0v) is 12.1. The van der Waals surface area contributed by atoms with Crippen molar-refractivity contribution in [1.29, 1.82) is 0 Å². The molecule has 0 aliphatic rings. The zero-order chi connectivity index (χ0) is 13.9. The first kappa shape index (κ1) is 15.0. The van der Waals surface area contributed by atoms with Crippen LogP contribution in [0.1, 0.15) is 50.8 Å². The lowest BCUT2D eigenvalue weighted by Gasteiger charge is -2.31. The summed E-state index contributed by atoms with van der Waals surface area (Å²) in [5, 5.41) is 0. The van der Waals surface area contributed by atoms with Gasteiger partial charge in [-0.3, -0.25) is 0 Å². The number of aryl methyl sites for hydroxylation is 1. The van der Waals surface area contributed by atoms with Crippen LogP contribution in [0, 0.1) is 12.7 Å². The van der Waals surface area contributed by atoms with Gasteiger partial charge in [0.2, 0.25) is 0 Å². The second kappa shape index (κ2) is 6.19. The van der Waals surface area contributed by atoms with Crippen LogP contribution in [-0.2, 0) is 0 Å². The van der Waals surface area contributed by atoms with Crippen LogP contribution in [-0.4, -0.2) is 13.1 Å². The van der Waals surface area contributed by atoms with Gasteiger partial charge in [0.1, 0.15) is 5.82 Å². The molecule has 1 atom stereocenters. The Kier molecular flexibility index (Phi) is 5.15. The van der Waals surface area contributed by atoms with Crippen LogP contribution in [0.5, 0.6) is 0 Å². The average molecular weight is 252 g/mol. The van der Waals surface area contributed by atoms with Crippen LogP contribution >= 0.6 is 0 Å². The highest BCUT2D eigenvalue weighted by atomic mass is 19.1. The third-order valence-corrected chi connectivity index (χ3v) is 3.67. The Balaban J connectivity index is 3.25. The predicted octanol–water partition coefficient (Wildman–Crippen LogP) is 3.78. The summed E-state index contributed by atoms with van der Waals surface area (Å²) in [4.78, 5) is 2.23. The topological polar surface area (TPSA) is 29.3 Å². The molecule has 0 fully saturated rings. The fourth-order valence-corrected chi connectivity index (χ4v) is 2.38. The molecule has 102 valence electrons. The molecule has 0 amide bonds. The number of nitrogens with zero attached hydrogens (tertiary/aromatic N) is 1. The lowest BCUT2D eigenvalue weighted by atomic mass is 10.0. The molecule has 0 heterocycles.